The van der Waals surface area contributed by atoms with E-state index in [2.05, 4.69) is 6.92 Å². The molecule has 0 fully saturated rings. The Balaban J connectivity index is 4.48. The van der Waals surface area contributed by atoms with Gasteiger partial charge in [0.2, 0.25) is 0 Å². The molecule has 0 amide bonds. The monoisotopic (exact) mass is 352 g/mol. The fourth-order valence-electron chi connectivity index (χ4n) is 2.62. The Hall–Kier alpha value is -1.75. The van der Waals surface area contributed by atoms with Gasteiger partial charge in [-0.3, -0.25) is 9.59 Å². The Bertz CT molecular complexity index is 453. The van der Waals surface area contributed by atoms with Crippen LogP contribution in [-0.4, -0.2) is 34.4 Å². The summed E-state index contributed by atoms with van der Waals surface area (Å²) < 4.78 is 0. The molecule has 0 aromatic carbocycles. The van der Waals surface area contributed by atoms with Crippen LogP contribution in [0, 0.1) is 11.8 Å². The summed E-state index contributed by atoms with van der Waals surface area (Å²) in [6.45, 7) is 3.56. The molecular formula is C20H32O5. The quantitative estimate of drug-likeness (QED) is 0.266. The number of Topliss-reactive ketones (excluding diaryl/α,β-unsaturated/α-hetero) is 1. The van der Waals surface area contributed by atoms with Gasteiger partial charge in [-0.2, -0.15) is 0 Å². The number of carboxylic acids is 1. The van der Waals surface area contributed by atoms with E-state index in [-0.39, 0.29) is 12.2 Å². The van der Waals surface area contributed by atoms with Crippen molar-refractivity contribution in [2.24, 2.45) is 11.8 Å². The highest BCUT2D eigenvalue weighted by atomic mass is 16.4. The second-order valence-corrected chi connectivity index (χ2v) is 6.37. The van der Waals surface area contributed by atoms with Crippen LogP contribution in [0.25, 0.3) is 0 Å². The molecule has 0 saturated heterocycles. The van der Waals surface area contributed by atoms with Crippen LogP contribution in [-0.2, 0) is 14.4 Å². The van der Waals surface area contributed by atoms with Crippen LogP contribution in [0.5, 0.6) is 0 Å². The van der Waals surface area contributed by atoms with Gasteiger partial charge in [-0.05, 0) is 39.0 Å². The Morgan fingerprint density at radius 2 is 1.80 bits per heavy atom. The van der Waals surface area contributed by atoms with Gasteiger partial charge in [0.15, 0.2) is 0 Å². The number of aliphatic hydroxyl groups excluding tert-OH is 1. The maximum absolute atomic E-state index is 11.7. The van der Waals surface area contributed by atoms with E-state index >= 15 is 0 Å². The summed E-state index contributed by atoms with van der Waals surface area (Å²) in [6.07, 6.45) is 12.7. The van der Waals surface area contributed by atoms with Crippen molar-refractivity contribution in [1.82, 2.24) is 0 Å². The van der Waals surface area contributed by atoms with Crippen molar-refractivity contribution in [2.75, 3.05) is 0 Å². The van der Waals surface area contributed by atoms with Crippen molar-refractivity contribution in [3.05, 3.63) is 24.3 Å². The first-order valence-electron chi connectivity index (χ1n) is 9.11. The number of hydrogen-bond acceptors (Lipinski definition) is 4. The van der Waals surface area contributed by atoms with E-state index in [9.17, 15) is 19.5 Å². The van der Waals surface area contributed by atoms with E-state index < -0.39 is 23.9 Å². The lowest BCUT2D eigenvalue weighted by Gasteiger charge is -2.17. The molecule has 0 saturated carbocycles. The zero-order valence-corrected chi connectivity index (χ0v) is 15.4. The minimum absolute atomic E-state index is 0.0233. The highest BCUT2D eigenvalue weighted by Crippen LogP contribution is 2.20. The first-order chi connectivity index (χ1) is 11.9. The number of aliphatic hydroxyl groups is 1. The molecule has 3 unspecified atom stereocenters. The number of aldehydes is 1. The molecule has 142 valence electrons. The first-order valence-corrected chi connectivity index (χ1v) is 9.11. The summed E-state index contributed by atoms with van der Waals surface area (Å²) in [5, 5.41) is 18.6. The predicted octanol–water partition coefficient (Wildman–Crippen LogP) is 3.71. The normalized spacial score (nSPS) is 15.3. The number of unbranched alkanes of at least 4 members (excludes halogenated alkanes) is 3. The average Bonchev–Trinajstić information content (AvgIpc) is 2.56. The third kappa shape index (κ3) is 12.3. The lowest BCUT2D eigenvalue weighted by Crippen LogP contribution is -2.22. The van der Waals surface area contributed by atoms with Crippen LogP contribution in [0.15, 0.2) is 24.3 Å². The molecule has 0 radical (unpaired) electrons. The van der Waals surface area contributed by atoms with Crippen LogP contribution in [0.2, 0.25) is 0 Å². The van der Waals surface area contributed by atoms with Gasteiger partial charge in [0.05, 0.1) is 6.10 Å². The van der Waals surface area contributed by atoms with E-state index in [0.717, 1.165) is 12.8 Å². The van der Waals surface area contributed by atoms with Gasteiger partial charge in [-0.25, -0.2) is 0 Å². The summed E-state index contributed by atoms with van der Waals surface area (Å²) in [6, 6.07) is 0. The standard InChI is InChI=1S/C20H32O5/c1-3-4-5-6-7-8-10-18(23)14-13-17(15-21)19(16(2)22)11-9-12-20(24)25/h7-8,13-15,17-19,23H,3-6,9-12H2,1-2H3,(H,24,25)/b8-7-,14-13+. The predicted molar refractivity (Wildman–Crippen MR) is 98.3 cm³/mol. The van der Waals surface area contributed by atoms with E-state index in [4.69, 9.17) is 5.11 Å². The van der Waals surface area contributed by atoms with Crippen LogP contribution < -0.4 is 0 Å². The van der Waals surface area contributed by atoms with Crippen molar-refractivity contribution >= 4 is 18.0 Å². The van der Waals surface area contributed by atoms with Crippen LogP contribution in [0.4, 0.5) is 0 Å². The zero-order chi connectivity index (χ0) is 19.1. The third-order valence-electron chi connectivity index (χ3n) is 4.12. The minimum atomic E-state index is -0.915. The number of rotatable bonds is 15. The van der Waals surface area contributed by atoms with Crippen molar-refractivity contribution in [2.45, 2.75) is 71.3 Å². The topological polar surface area (TPSA) is 91.7 Å². The first kappa shape index (κ1) is 23.2. The van der Waals surface area contributed by atoms with Gasteiger partial charge in [-0.15, -0.1) is 0 Å². The van der Waals surface area contributed by atoms with Crippen molar-refractivity contribution in [3.8, 4) is 0 Å². The number of aliphatic carboxylic acids is 1. The Kier molecular flexibility index (Phi) is 13.6. The molecule has 3 atom stereocenters. The molecule has 5 nitrogen and oxygen atoms in total. The number of carbonyl (C=O) groups is 3. The molecule has 0 aliphatic carbocycles. The van der Waals surface area contributed by atoms with E-state index in [1.165, 1.54) is 19.8 Å². The highest BCUT2D eigenvalue weighted by molar-refractivity contribution is 5.82. The fourth-order valence-corrected chi connectivity index (χ4v) is 2.62. The Morgan fingerprint density at radius 1 is 1.08 bits per heavy atom. The van der Waals surface area contributed by atoms with Gasteiger partial charge >= 0.3 is 5.97 Å². The van der Waals surface area contributed by atoms with Gasteiger partial charge in [0.1, 0.15) is 12.1 Å². The largest absolute Gasteiger partial charge is 0.481 e. The zero-order valence-electron chi connectivity index (χ0n) is 15.4. The molecule has 0 aromatic rings. The molecule has 2 N–H and O–H groups in total. The fraction of sp³-hybridized carbons (Fsp3) is 0.650. The summed E-state index contributed by atoms with van der Waals surface area (Å²) in [4.78, 5) is 33.6. The summed E-state index contributed by atoms with van der Waals surface area (Å²) >= 11 is 0. The molecule has 25 heavy (non-hydrogen) atoms. The molecule has 0 aromatic heterocycles. The van der Waals surface area contributed by atoms with Gasteiger partial charge in [-0.1, -0.05) is 44.1 Å². The molecule has 0 bridgehead atoms. The number of ketones is 1. The molecule has 0 aliphatic heterocycles. The third-order valence-corrected chi connectivity index (χ3v) is 4.12. The molecule has 0 heterocycles. The van der Waals surface area contributed by atoms with Crippen molar-refractivity contribution in [3.63, 3.8) is 0 Å². The summed E-state index contributed by atoms with van der Waals surface area (Å²) in [5.41, 5.74) is 0. The molecular weight excluding hydrogens is 320 g/mol. The van der Waals surface area contributed by atoms with E-state index in [1.807, 2.05) is 12.2 Å². The number of allylic oxidation sites excluding steroid dienone is 2. The number of carboxylic acid groups (broad SMARTS) is 1. The second-order valence-electron chi connectivity index (χ2n) is 6.37. The minimum Gasteiger partial charge on any atom is -0.481 e. The maximum Gasteiger partial charge on any atom is 0.303 e. The van der Waals surface area contributed by atoms with Crippen LogP contribution in [0.3, 0.4) is 0 Å². The molecule has 0 spiro atoms. The van der Waals surface area contributed by atoms with Crippen molar-refractivity contribution < 1.29 is 24.6 Å². The van der Waals surface area contributed by atoms with Crippen molar-refractivity contribution in [1.29, 1.82) is 0 Å². The maximum atomic E-state index is 11.7. The smallest absolute Gasteiger partial charge is 0.303 e. The molecule has 5 heteroatoms. The lowest BCUT2D eigenvalue weighted by atomic mass is 9.85. The van der Waals surface area contributed by atoms with Crippen LogP contribution >= 0.6 is 0 Å². The Morgan fingerprint density at radius 3 is 2.36 bits per heavy atom. The van der Waals surface area contributed by atoms with E-state index in [0.29, 0.717) is 25.5 Å². The molecule has 0 aliphatic rings. The summed E-state index contributed by atoms with van der Waals surface area (Å²) in [5.74, 6) is -2.22. The van der Waals surface area contributed by atoms with Gasteiger partial charge in [0, 0.05) is 18.3 Å². The lowest BCUT2D eigenvalue weighted by molar-refractivity contribution is -0.137. The van der Waals surface area contributed by atoms with E-state index in [1.54, 1.807) is 12.2 Å². The molecule has 0 rings (SSSR count). The summed E-state index contributed by atoms with van der Waals surface area (Å²) in [7, 11) is 0. The number of hydrogen-bond donors (Lipinski definition) is 2. The van der Waals surface area contributed by atoms with Gasteiger partial charge < -0.3 is 15.0 Å². The highest BCUT2D eigenvalue weighted by Gasteiger charge is 2.23. The van der Waals surface area contributed by atoms with Crippen LogP contribution in [0.1, 0.15) is 65.2 Å². The number of carbonyl (C=O) groups excluding carboxylic acids is 2. The average molecular weight is 352 g/mol. The van der Waals surface area contributed by atoms with Gasteiger partial charge in [0.25, 0.3) is 0 Å². The SMILES string of the molecule is CCCCC/C=C\CC(O)/C=C/C(C=O)C(CCCC(=O)O)C(C)=O. The Labute approximate surface area is 150 Å². The second kappa shape index (κ2) is 14.6.